The number of anilines is 1. The van der Waals surface area contributed by atoms with Crippen molar-refractivity contribution >= 4 is 40.9 Å². The maximum Gasteiger partial charge on any atom is 0.226 e. The number of benzene rings is 1. The molecule has 1 heterocycles. The van der Waals surface area contributed by atoms with Gasteiger partial charge < -0.3 is 10.2 Å². The van der Waals surface area contributed by atoms with Crippen molar-refractivity contribution in [3.05, 3.63) is 29.8 Å². The van der Waals surface area contributed by atoms with Crippen molar-refractivity contribution in [2.45, 2.75) is 82.5 Å². The van der Waals surface area contributed by atoms with Crippen LogP contribution in [-0.4, -0.2) is 40.4 Å². The number of hydrogen-bond donors (Lipinski definition) is 1. The normalized spacial score (nSPS) is 24.5. The molecule has 2 fully saturated rings. The maximum atomic E-state index is 12.6. The van der Waals surface area contributed by atoms with E-state index in [1.54, 1.807) is 0 Å². The van der Waals surface area contributed by atoms with Crippen LogP contribution in [0.2, 0.25) is 0 Å². The minimum atomic E-state index is 0. The van der Waals surface area contributed by atoms with Crippen LogP contribution >= 0.6 is 24.2 Å². The summed E-state index contributed by atoms with van der Waals surface area (Å²) in [6, 6.07) is 8.86. The van der Waals surface area contributed by atoms with Gasteiger partial charge in [0.2, 0.25) is 5.91 Å². The molecule has 0 radical (unpaired) electrons. The molecular weight excluding hydrogens is 390 g/mol. The van der Waals surface area contributed by atoms with Gasteiger partial charge in [-0.3, -0.25) is 9.79 Å². The van der Waals surface area contributed by atoms with Gasteiger partial charge in [-0.05, 0) is 36.5 Å². The number of amidine groups is 1. The van der Waals surface area contributed by atoms with E-state index in [0.717, 1.165) is 10.9 Å². The average molecular weight is 424 g/mol. The molecule has 1 aliphatic carbocycles. The lowest BCUT2D eigenvalue weighted by Gasteiger charge is -2.24. The number of rotatable bonds is 5. The zero-order valence-electron chi connectivity index (χ0n) is 17.5. The van der Waals surface area contributed by atoms with Gasteiger partial charge in [0.05, 0.1) is 12.1 Å². The Kier molecular flexibility index (Phi) is 8.69. The molecule has 1 aromatic carbocycles. The number of amides is 1. The lowest BCUT2D eigenvalue weighted by Crippen LogP contribution is -2.36. The molecule has 156 valence electrons. The standard InChI is InChI=1S/C22H33N3OS.ClH/c1-15(2)17-10-12-19(13-11-17)23-21(26)14-20-16(3)27-22(25(20)4)24-18-8-6-5-7-9-18;/h10-13,15-16,18,20H,5-9,14H2,1-4H3,(H,23,26);1H. The molecule has 2 atom stereocenters. The first-order valence-electron chi connectivity index (χ1n) is 10.3. The number of aliphatic imine (C=N–C) groups is 1. The summed E-state index contributed by atoms with van der Waals surface area (Å²) in [5, 5.41) is 4.56. The Morgan fingerprint density at radius 1 is 1.21 bits per heavy atom. The van der Waals surface area contributed by atoms with Gasteiger partial charge in [0.15, 0.2) is 5.17 Å². The first kappa shape index (κ1) is 23.1. The van der Waals surface area contributed by atoms with Crippen molar-refractivity contribution in [2.75, 3.05) is 12.4 Å². The van der Waals surface area contributed by atoms with Gasteiger partial charge in [0, 0.05) is 24.4 Å². The fraction of sp³-hybridized carbons (Fsp3) is 0.636. The zero-order chi connectivity index (χ0) is 19.4. The van der Waals surface area contributed by atoms with E-state index in [2.05, 4.69) is 50.2 Å². The summed E-state index contributed by atoms with van der Waals surface area (Å²) >= 11 is 1.82. The topological polar surface area (TPSA) is 44.7 Å². The Morgan fingerprint density at radius 3 is 2.46 bits per heavy atom. The molecule has 0 spiro atoms. The van der Waals surface area contributed by atoms with Gasteiger partial charge in [-0.15, -0.1) is 12.4 Å². The molecule has 1 N–H and O–H groups in total. The smallest absolute Gasteiger partial charge is 0.226 e. The summed E-state index contributed by atoms with van der Waals surface area (Å²) in [7, 11) is 2.09. The van der Waals surface area contributed by atoms with Crippen molar-refractivity contribution in [1.29, 1.82) is 0 Å². The summed E-state index contributed by atoms with van der Waals surface area (Å²) in [5.41, 5.74) is 2.17. The van der Waals surface area contributed by atoms with E-state index in [1.165, 1.54) is 37.7 Å². The molecule has 1 amide bonds. The fourth-order valence-electron chi connectivity index (χ4n) is 3.93. The highest BCUT2D eigenvalue weighted by atomic mass is 35.5. The van der Waals surface area contributed by atoms with Crippen LogP contribution in [0.25, 0.3) is 0 Å². The van der Waals surface area contributed by atoms with Crippen molar-refractivity contribution in [3.8, 4) is 0 Å². The van der Waals surface area contributed by atoms with Crippen LogP contribution in [0.1, 0.15) is 70.8 Å². The van der Waals surface area contributed by atoms with Gasteiger partial charge in [0.25, 0.3) is 0 Å². The highest BCUT2D eigenvalue weighted by Crippen LogP contribution is 2.34. The SMILES string of the molecule is CC(C)c1ccc(NC(=O)CC2C(C)SC(=NC3CCCCC3)N2C)cc1.Cl. The molecule has 1 aliphatic heterocycles. The molecular formula is C22H34ClN3OS. The third-order valence-electron chi connectivity index (χ3n) is 5.76. The van der Waals surface area contributed by atoms with Gasteiger partial charge in [-0.1, -0.05) is 63.9 Å². The van der Waals surface area contributed by atoms with E-state index in [9.17, 15) is 4.79 Å². The molecule has 2 unspecified atom stereocenters. The van der Waals surface area contributed by atoms with Crippen LogP contribution in [0.15, 0.2) is 29.3 Å². The summed E-state index contributed by atoms with van der Waals surface area (Å²) in [5.74, 6) is 0.581. The van der Waals surface area contributed by atoms with Crippen molar-refractivity contribution in [1.82, 2.24) is 4.90 Å². The summed E-state index contributed by atoms with van der Waals surface area (Å²) in [6.45, 7) is 6.56. The monoisotopic (exact) mass is 423 g/mol. The summed E-state index contributed by atoms with van der Waals surface area (Å²) in [6.07, 6.45) is 6.87. The van der Waals surface area contributed by atoms with Crippen LogP contribution in [0.5, 0.6) is 0 Å². The third-order valence-corrected chi connectivity index (χ3v) is 7.05. The quantitative estimate of drug-likeness (QED) is 0.662. The van der Waals surface area contributed by atoms with Crippen molar-refractivity contribution in [2.24, 2.45) is 4.99 Å². The molecule has 1 saturated heterocycles. The van der Waals surface area contributed by atoms with Crippen LogP contribution in [0.3, 0.4) is 0 Å². The highest BCUT2D eigenvalue weighted by Gasteiger charge is 2.36. The van der Waals surface area contributed by atoms with Gasteiger partial charge in [-0.25, -0.2) is 0 Å². The van der Waals surface area contributed by atoms with Gasteiger partial charge >= 0.3 is 0 Å². The van der Waals surface area contributed by atoms with E-state index >= 15 is 0 Å². The van der Waals surface area contributed by atoms with Crippen LogP contribution in [0, 0.1) is 0 Å². The number of halogens is 1. The predicted molar refractivity (Wildman–Crippen MR) is 124 cm³/mol. The number of nitrogens with one attached hydrogen (secondary N) is 1. The van der Waals surface area contributed by atoms with E-state index in [-0.39, 0.29) is 24.4 Å². The van der Waals surface area contributed by atoms with Crippen molar-refractivity contribution < 1.29 is 4.79 Å². The molecule has 2 aliphatic rings. The molecule has 0 aromatic heterocycles. The number of carbonyl (C=O) groups excluding carboxylic acids is 1. The van der Waals surface area contributed by atoms with E-state index < -0.39 is 0 Å². The number of carbonyl (C=O) groups is 1. The van der Waals surface area contributed by atoms with Crippen LogP contribution in [0.4, 0.5) is 5.69 Å². The second kappa shape index (κ2) is 10.5. The Labute approximate surface area is 180 Å². The molecule has 28 heavy (non-hydrogen) atoms. The minimum Gasteiger partial charge on any atom is -0.350 e. The second-order valence-electron chi connectivity index (χ2n) is 8.23. The largest absolute Gasteiger partial charge is 0.350 e. The number of thioether (sulfide) groups is 1. The fourth-order valence-corrected chi connectivity index (χ4v) is 5.21. The Morgan fingerprint density at radius 2 is 1.86 bits per heavy atom. The third kappa shape index (κ3) is 5.90. The van der Waals surface area contributed by atoms with Crippen LogP contribution in [-0.2, 0) is 4.79 Å². The molecule has 1 aromatic rings. The molecule has 6 heteroatoms. The minimum absolute atomic E-state index is 0. The second-order valence-corrected chi connectivity index (χ2v) is 9.58. The van der Waals surface area contributed by atoms with Gasteiger partial charge in [0.1, 0.15) is 0 Å². The van der Waals surface area contributed by atoms with E-state index in [4.69, 9.17) is 4.99 Å². The number of hydrogen-bond acceptors (Lipinski definition) is 3. The number of nitrogens with zero attached hydrogens (tertiary/aromatic N) is 2. The van der Waals surface area contributed by atoms with Crippen LogP contribution < -0.4 is 5.32 Å². The zero-order valence-corrected chi connectivity index (χ0v) is 19.1. The predicted octanol–water partition coefficient (Wildman–Crippen LogP) is 5.68. The molecule has 1 saturated carbocycles. The van der Waals surface area contributed by atoms with E-state index in [1.807, 2.05) is 23.9 Å². The summed E-state index contributed by atoms with van der Waals surface area (Å²) < 4.78 is 0. The maximum absolute atomic E-state index is 12.6. The van der Waals surface area contributed by atoms with Crippen molar-refractivity contribution in [3.63, 3.8) is 0 Å². The summed E-state index contributed by atoms with van der Waals surface area (Å²) in [4.78, 5) is 19.8. The molecule has 3 rings (SSSR count). The lowest BCUT2D eigenvalue weighted by molar-refractivity contribution is -0.117. The Bertz CT molecular complexity index is 671. The Hall–Kier alpha value is -1.20. The first-order valence-corrected chi connectivity index (χ1v) is 11.2. The Balaban J connectivity index is 0.00000280. The lowest BCUT2D eigenvalue weighted by atomic mass is 9.96. The van der Waals surface area contributed by atoms with Gasteiger partial charge in [-0.2, -0.15) is 0 Å². The first-order chi connectivity index (χ1) is 12.9. The highest BCUT2D eigenvalue weighted by molar-refractivity contribution is 8.14. The molecule has 0 bridgehead atoms. The molecule has 4 nitrogen and oxygen atoms in total. The average Bonchev–Trinajstić information content (AvgIpc) is 2.90. The van der Waals surface area contributed by atoms with E-state index in [0.29, 0.717) is 23.6 Å².